The molecule has 0 saturated heterocycles. The molecule has 1 aliphatic carbocycles. The lowest BCUT2D eigenvalue weighted by Crippen LogP contribution is -2.35. The van der Waals surface area contributed by atoms with Crippen molar-refractivity contribution in [2.75, 3.05) is 5.73 Å². The molecule has 0 unspecified atom stereocenters. The third-order valence-electron chi connectivity index (χ3n) is 2.48. The van der Waals surface area contributed by atoms with Crippen molar-refractivity contribution >= 4 is 5.95 Å². The van der Waals surface area contributed by atoms with Crippen LogP contribution < -0.4 is 11.5 Å². The van der Waals surface area contributed by atoms with Crippen LogP contribution in [0.4, 0.5) is 5.95 Å². The molecule has 0 radical (unpaired) electrons. The van der Waals surface area contributed by atoms with Crippen molar-refractivity contribution in [3.8, 4) is 0 Å². The molecule has 0 atom stereocenters. The number of nitrogens with two attached hydrogens (primary N) is 2. The lowest BCUT2D eigenvalue weighted by atomic mass is 9.78. The fourth-order valence-corrected chi connectivity index (χ4v) is 1.73. The first-order valence-corrected chi connectivity index (χ1v) is 4.52. The van der Waals surface area contributed by atoms with E-state index in [1.54, 1.807) is 0 Å². The SMILES string of the molecule is Cc1cc(C2CC(N)C2)nc(N)n1. The van der Waals surface area contributed by atoms with Crippen molar-refractivity contribution in [3.63, 3.8) is 0 Å². The number of nitrogens with zero attached hydrogens (tertiary/aromatic N) is 2. The summed E-state index contributed by atoms with van der Waals surface area (Å²) in [5.74, 6) is 0.870. The molecule has 4 nitrogen and oxygen atoms in total. The predicted molar refractivity (Wildman–Crippen MR) is 51.1 cm³/mol. The minimum absolute atomic E-state index is 0.349. The third-order valence-corrected chi connectivity index (χ3v) is 2.48. The summed E-state index contributed by atoms with van der Waals surface area (Å²) >= 11 is 0. The van der Waals surface area contributed by atoms with Gasteiger partial charge in [0.25, 0.3) is 0 Å². The normalized spacial score (nSPS) is 26.9. The second-order valence-corrected chi connectivity index (χ2v) is 3.72. The lowest BCUT2D eigenvalue weighted by molar-refractivity contribution is 0.345. The first kappa shape index (κ1) is 8.44. The molecule has 1 aromatic rings. The molecular formula is C9H14N4. The van der Waals surface area contributed by atoms with E-state index in [1.165, 1.54) is 0 Å². The maximum Gasteiger partial charge on any atom is 0.220 e. The molecule has 0 bridgehead atoms. The zero-order valence-corrected chi connectivity index (χ0v) is 7.70. The Hall–Kier alpha value is -1.16. The Morgan fingerprint density at radius 1 is 1.38 bits per heavy atom. The molecule has 70 valence electrons. The van der Waals surface area contributed by atoms with E-state index in [0.29, 0.717) is 17.9 Å². The number of rotatable bonds is 1. The van der Waals surface area contributed by atoms with Gasteiger partial charge in [0, 0.05) is 23.3 Å². The fourth-order valence-electron chi connectivity index (χ4n) is 1.73. The first-order chi connectivity index (χ1) is 6.15. The van der Waals surface area contributed by atoms with Gasteiger partial charge in [-0.25, -0.2) is 9.97 Å². The van der Waals surface area contributed by atoms with Crippen LogP contribution in [0.3, 0.4) is 0 Å². The molecule has 13 heavy (non-hydrogen) atoms. The Morgan fingerprint density at radius 3 is 2.62 bits per heavy atom. The predicted octanol–water partition coefficient (Wildman–Crippen LogP) is 0.572. The van der Waals surface area contributed by atoms with Crippen LogP contribution in [0.5, 0.6) is 0 Å². The Bertz CT molecular complexity index is 297. The van der Waals surface area contributed by atoms with Crippen LogP contribution in [0.15, 0.2) is 6.07 Å². The highest BCUT2D eigenvalue weighted by atomic mass is 15.0. The summed E-state index contributed by atoms with van der Waals surface area (Å²) in [4.78, 5) is 8.23. The average molecular weight is 178 g/mol. The van der Waals surface area contributed by atoms with Crippen molar-refractivity contribution < 1.29 is 0 Å². The number of aromatic nitrogens is 2. The molecule has 1 fully saturated rings. The fraction of sp³-hybridized carbons (Fsp3) is 0.556. The van der Waals surface area contributed by atoms with Gasteiger partial charge < -0.3 is 11.5 Å². The summed E-state index contributed by atoms with van der Waals surface area (Å²) in [6.45, 7) is 1.93. The van der Waals surface area contributed by atoms with Crippen LogP contribution in [-0.2, 0) is 0 Å². The van der Waals surface area contributed by atoms with Gasteiger partial charge in [0.2, 0.25) is 5.95 Å². The Kier molecular flexibility index (Phi) is 1.92. The summed E-state index contributed by atoms with van der Waals surface area (Å²) in [7, 11) is 0. The van der Waals surface area contributed by atoms with Gasteiger partial charge in [-0.3, -0.25) is 0 Å². The maximum absolute atomic E-state index is 5.71. The largest absolute Gasteiger partial charge is 0.368 e. The van der Waals surface area contributed by atoms with E-state index in [-0.39, 0.29) is 0 Å². The molecule has 0 aliphatic heterocycles. The van der Waals surface area contributed by atoms with E-state index < -0.39 is 0 Å². The number of hydrogen-bond acceptors (Lipinski definition) is 4. The molecule has 2 rings (SSSR count). The number of anilines is 1. The highest BCUT2D eigenvalue weighted by molar-refractivity contribution is 5.25. The van der Waals surface area contributed by atoms with Crippen LogP contribution in [0.1, 0.15) is 30.1 Å². The summed E-state index contributed by atoms with van der Waals surface area (Å²) in [5.41, 5.74) is 13.2. The molecule has 0 spiro atoms. The monoisotopic (exact) mass is 178 g/mol. The highest BCUT2D eigenvalue weighted by Crippen LogP contribution is 2.34. The Balaban J connectivity index is 2.21. The van der Waals surface area contributed by atoms with Crippen LogP contribution in [0.25, 0.3) is 0 Å². The standard InChI is InChI=1S/C9H14N4/c1-5-2-8(13-9(11)12-5)6-3-7(10)4-6/h2,6-7H,3-4,10H2,1H3,(H2,11,12,13). The summed E-state index contributed by atoms with van der Waals surface area (Å²) < 4.78 is 0. The molecule has 0 aromatic carbocycles. The second-order valence-electron chi connectivity index (χ2n) is 3.72. The van der Waals surface area contributed by atoms with Gasteiger partial charge in [0.1, 0.15) is 0 Å². The molecule has 1 aliphatic rings. The van der Waals surface area contributed by atoms with Gasteiger partial charge in [-0.05, 0) is 25.8 Å². The van der Waals surface area contributed by atoms with Crippen molar-refractivity contribution in [3.05, 3.63) is 17.5 Å². The van der Waals surface area contributed by atoms with E-state index >= 15 is 0 Å². The average Bonchev–Trinajstić information content (AvgIpc) is 1.96. The van der Waals surface area contributed by atoms with Crippen molar-refractivity contribution in [1.29, 1.82) is 0 Å². The quantitative estimate of drug-likeness (QED) is 0.659. The molecule has 1 aromatic heterocycles. The zero-order valence-electron chi connectivity index (χ0n) is 7.70. The first-order valence-electron chi connectivity index (χ1n) is 4.52. The number of hydrogen-bond donors (Lipinski definition) is 2. The van der Waals surface area contributed by atoms with E-state index in [1.807, 2.05) is 13.0 Å². The highest BCUT2D eigenvalue weighted by Gasteiger charge is 2.28. The van der Waals surface area contributed by atoms with Crippen molar-refractivity contribution in [1.82, 2.24) is 9.97 Å². The van der Waals surface area contributed by atoms with Gasteiger partial charge in [-0.2, -0.15) is 0 Å². The molecule has 4 heteroatoms. The van der Waals surface area contributed by atoms with Gasteiger partial charge in [-0.1, -0.05) is 0 Å². The minimum Gasteiger partial charge on any atom is -0.368 e. The van der Waals surface area contributed by atoms with E-state index in [4.69, 9.17) is 11.5 Å². The molecule has 0 amide bonds. The smallest absolute Gasteiger partial charge is 0.220 e. The molecular weight excluding hydrogens is 164 g/mol. The number of aryl methyl sites for hydroxylation is 1. The second kappa shape index (κ2) is 2.96. The van der Waals surface area contributed by atoms with Crippen molar-refractivity contribution in [2.45, 2.75) is 31.7 Å². The van der Waals surface area contributed by atoms with Crippen LogP contribution >= 0.6 is 0 Å². The summed E-state index contributed by atoms with van der Waals surface area (Å²) in [6, 6.07) is 2.34. The number of nitrogen functional groups attached to an aromatic ring is 1. The molecule has 1 heterocycles. The van der Waals surface area contributed by atoms with E-state index in [2.05, 4.69) is 9.97 Å². The summed E-state index contributed by atoms with van der Waals surface area (Å²) in [5, 5.41) is 0. The Morgan fingerprint density at radius 2 is 2.08 bits per heavy atom. The maximum atomic E-state index is 5.71. The zero-order chi connectivity index (χ0) is 9.42. The van der Waals surface area contributed by atoms with E-state index in [9.17, 15) is 0 Å². The van der Waals surface area contributed by atoms with Gasteiger partial charge in [0.15, 0.2) is 0 Å². The van der Waals surface area contributed by atoms with Crippen LogP contribution in [0.2, 0.25) is 0 Å². The third kappa shape index (κ3) is 1.62. The van der Waals surface area contributed by atoms with E-state index in [0.717, 1.165) is 24.2 Å². The topological polar surface area (TPSA) is 77.8 Å². The van der Waals surface area contributed by atoms with Gasteiger partial charge in [0.05, 0.1) is 0 Å². The molecule has 4 N–H and O–H groups in total. The lowest BCUT2D eigenvalue weighted by Gasteiger charge is -2.31. The van der Waals surface area contributed by atoms with Gasteiger partial charge >= 0.3 is 0 Å². The van der Waals surface area contributed by atoms with Crippen LogP contribution in [-0.4, -0.2) is 16.0 Å². The Labute approximate surface area is 77.4 Å². The summed E-state index contributed by atoms with van der Waals surface area (Å²) in [6.07, 6.45) is 2.05. The van der Waals surface area contributed by atoms with Crippen molar-refractivity contribution in [2.24, 2.45) is 5.73 Å². The molecule has 1 saturated carbocycles. The van der Waals surface area contributed by atoms with Gasteiger partial charge in [-0.15, -0.1) is 0 Å². The minimum atomic E-state index is 0.349. The van der Waals surface area contributed by atoms with Crippen LogP contribution in [0, 0.1) is 6.92 Å².